The van der Waals surface area contributed by atoms with E-state index in [9.17, 15) is 10.2 Å². The summed E-state index contributed by atoms with van der Waals surface area (Å²) in [4.78, 5) is 18.6. The molecule has 1 aliphatic rings. The van der Waals surface area contributed by atoms with Gasteiger partial charge >= 0.3 is 0 Å². The highest BCUT2D eigenvalue weighted by Crippen LogP contribution is 2.37. The summed E-state index contributed by atoms with van der Waals surface area (Å²) < 4.78 is 1.06. The molecular formula is C24H36N6O2S. The molecule has 0 amide bonds. The van der Waals surface area contributed by atoms with Crippen molar-refractivity contribution in [1.29, 1.82) is 0 Å². The summed E-state index contributed by atoms with van der Waals surface area (Å²) >= 11 is 1.58. The minimum Gasteiger partial charge on any atom is -0.393 e. The third kappa shape index (κ3) is 5.96. The van der Waals surface area contributed by atoms with Crippen LogP contribution in [0.3, 0.4) is 0 Å². The molecular weight excluding hydrogens is 436 g/mol. The Labute approximate surface area is 199 Å². The maximum atomic E-state index is 10.6. The van der Waals surface area contributed by atoms with Crippen LogP contribution >= 0.6 is 11.3 Å². The van der Waals surface area contributed by atoms with Crippen molar-refractivity contribution in [2.75, 3.05) is 17.2 Å². The number of aryl methyl sites for hydroxylation is 2. The number of aromatic nitrogens is 4. The Morgan fingerprint density at radius 2 is 1.85 bits per heavy atom. The zero-order chi connectivity index (χ0) is 24.1. The Morgan fingerprint density at radius 3 is 2.45 bits per heavy atom. The van der Waals surface area contributed by atoms with Gasteiger partial charge < -0.3 is 20.8 Å². The van der Waals surface area contributed by atoms with E-state index in [-0.39, 0.29) is 12.5 Å². The molecule has 1 saturated carbocycles. The molecule has 4 rings (SSSR count). The molecule has 0 radical (unpaired) electrons. The Hall–Kier alpha value is -2.36. The standard InChI is InChI=1S/C22H30N6O2S.C2H6/c1-5-15(13(4)29)16(30)10-24-20-18(11(2)25-22(28-20)26-14-6-7-14)21-27-19-12(3)23-9-8-17(19)31-21;1-2/h8-9,13-16,29-30H,5-7,10H2,1-4H3,(H2,24,25,26,28);1-2H3/t13?,15?,16-;/m0./s1. The third-order valence-corrected chi connectivity index (χ3v) is 6.81. The fraction of sp³-hybridized carbons (Fsp3) is 0.583. The summed E-state index contributed by atoms with van der Waals surface area (Å²) in [5.74, 6) is 1.01. The van der Waals surface area contributed by atoms with Gasteiger partial charge in [-0.2, -0.15) is 4.98 Å². The van der Waals surface area contributed by atoms with Crippen LogP contribution in [0.4, 0.5) is 11.8 Å². The summed E-state index contributed by atoms with van der Waals surface area (Å²) in [6.07, 6.45) is 3.46. The Balaban J connectivity index is 0.00000149. The van der Waals surface area contributed by atoms with Gasteiger partial charge in [-0.15, -0.1) is 11.3 Å². The molecule has 3 aromatic heterocycles. The van der Waals surface area contributed by atoms with E-state index in [2.05, 4.69) is 20.6 Å². The molecule has 1 fully saturated rings. The second-order valence-corrected chi connectivity index (χ2v) is 9.33. The highest BCUT2D eigenvalue weighted by Gasteiger charge is 2.26. The SMILES string of the molecule is CC.CCC(C(C)O)[C@@H](O)CNc1nc(NC2CC2)nc(C)c1-c1nc2c(C)nccc2s1. The molecule has 0 bridgehead atoms. The van der Waals surface area contributed by atoms with E-state index in [1.165, 1.54) is 0 Å². The maximum Gasteiger partial charge on any atom is 0.225 e. The molecule has 0 saturated heterocycles. The number of aliphatic hydroxyl groups excluding tert-OH is 2. The van der Waals surface area contributed by atoms with Crippen molar-refractivity contribution >= 4 is 33.3 Å². The van der Waals surface area contributed by atoms with Crippen LogP contribution in [-0.2, 0) is 0 Å². The predicted molar refractivity (Wildman–Crippen MR) is 136 cm³/mol. The largest absolute Gasteiger partial charge is 0.393 e. The van der Waals surface area contributed by atoms with Crippen LogP contribution in [0.1, 0.15) is 58.3 Å². The van der Waals surface area contributed by atoms with Crippen LogP contribution in [-0.4, -0.2) is 54.9 Å². The quantitative estimate of drug-likeness (QED) is 0.359. The van der Waals surface area contributed by atoms with E-state index in [1.807, 2.05) is 40.7 Å². The van der Waals surface area contributed by atoms with Crippen molar-refractivity contribution in [3.63, 3.8) is 0 Å². The average Bonchev–Trinajstić information content (AvgIpc) is 3.49. The Morgan fingerprint density at radius 1 is 1.12 bits per heavy atom. The second-order valence-electron chi connectivity index (χ2n) is 8.30. The minimum absolute atomic E-state index is 0.209. The fourth-order valence-electron chi connectivity index (χ4n) is 3.81. The van der Waals surface area contributed by atoms with Gasteiger partial charge in [-0.25, -0.2) is 9.97 Å². The van der Waals surface area contributed by atoms with Crippen molar-refractivity contribution in [2.24, 2.45) is 5.92 Å². The average molecular weight is 473 g/mol. The zero-order valence-corrected chi connectivity index (χ0v) is 21.2. The minimum atomic E-state index is -0.699. The van der Waals surface area contributed by atoms with E-state index in [1.54, 1.807) is 24.5 Å². The summed E-state index contributed by atoms with van der Waals surface area (Å²) in [5.41, 5.74) is 3.42. The Kier molecular flexibility index (Phi) is 8.56. The van der Waals surface area contributed by atoms with Crippen molar-refractivity contribution < 1.29 is 10.2 Å². The molecule has 2 unspecified atom stereocenters. The van der Waals surface area contributed by atoms with Crippen molar-refractivity contribution in [2.45, 2.75) is 79.1 Å². The number of hydrogen-bond donors (Lipinski definition) is 4. The van der Waals surface area contributed by atoms with Gasteiger partial charge in [0.1, 0.15) is 16.3 Å². The summed E-state index contributed by atoms with van der Waals surface area (Å²) in [6.45, 7) is 11.9. The van der Waals surface area contributed by atoms with E-state index >= 15 is 0 Å². The fourth-order valence-corrected chi connectivity index (χ4v) is 4.92. The molecule has 9 heteroatoms. The molecule has 3 aromatic rings. The van der Waals surface area contributed by atoms with E-state index in [4.69, 9.17) is 9.97 Å². The molecule has 0 spiro atoms. The lowest BCUT2D eigenvalue weighted by Gasteiger charge is -2.25. The molecule has 3 heterocycles. The third-order valence-electron chi connectivity index (χ3n) is 5.77. The van der Waals surface area contributed by atoms with Crippen LogP contribution in [0.15, 0.2) is 12.3 Å². The highest BCUT2D eigenvalue weighted by molar-refractivity contribution is 7.21. The van der Waals surface area contributed by atoms with Crippen LogP contribution < -0.4 is 10.6 Å². The second kappa shape index (κ2) is 11.2. The molecule has 4 N–H and O–H groups in total. The first kappa shape index (κ1) is 25.3. The van der Waals surface area contributed by atoms with Crippen molar-refractivity contribution in [3.05, 3.63) is 23.7 Å². The normalized spacial score (nSPS) is 16.0. The van der Waals surface area contributed by atoms with E-state index < -0.39 is 12.2 Å². The number of nitrogens with one attached hydrogen (secondary N) is 2. The number of fused-ring (bicyclic) bond motifs is 1. The van der Waals surface area contributed by atoms with Crippen molar-refractivity contribution in [1.82, 2.24) is 19.9 Å². The van der Waals surface area contributed by atoms with Gasteiger partial charge in [0, 0.05) is 24.7 Å². The molecule has 180 valence electrons. The summed E-state index contributed by atoms with van der Waals surface area (Å²) in [5, 5.41) is 28.1. The Bertz CT molecular complexity index is 1070. The van der Waals surface area contributed by atoms with Crippen LogP contribution in [0, 0.1) is 19.8 Å². The lowest BCUT2D eigenvalue weighted by molar-refractivity contribution is 0.0268. The number of nitrogens with zero attached hydrogens (tertiary/aromatic N) is 4. The van der Waals surface area contributed by atoms with Crippen LogP contribution in [0.25, 0.3) is 20.8 Å². The molecule has 0 aliphatic heterocycles. The number of thiazole rings is 1. The lowest BCUT2D eigenvalue weighted by atomic mass is 9.94. The number of anilines is 2. The maximum absolute atomic E-state index is 10.6. The number of rotatable bonds is 9. The number of pyridine rings is 1. The topological polar surface area (TPSA) is 116 Å². The van der Waals surface area contributed by atoms with Gasteiger partial charge in [0.15, 0.2) is 0 Å². The lowest BCUT2D eigenvalue weighted by Crippen LogP contribution is -2.35. The van der Waals surface area contributed by atoms with E-state index in [0.29, 0.717) is 24.2 Å². The van der Waals surface area contributed by atoms with Gasteiger partial charge in [0.05, 0.1) is 33.9 Å². The summed E-state index contributed by atoms with van der Waals surface area (Å²) in [7, 11) is 0. The molecule has 1 aliphatic carbocycles. The van der Waals surface area contributed by atoms with Crippen LogP contribution in [0.5, 0.6) is 0 Å². The zero-order valence-electron chi connectivity index (χ0n) is 20.4. The van der Waals surface area contributed by atoms with Gasteiger partial charge in [-0.3, -0.25) is 4.98 Å². The van der Waals surface area contributed by atoms with Gasteiger partial charge in [-0.05, 0) is 46.1 Å². The molecule has 33 heavy (non-hydrogen) atoms. The monoisotopic (exact) mass is 472 g/mol. The first-order valence-electron chi connectivity index (χ1n) is 11.8. The summed E-state index contributed by atoms with van der Waals surface area (Å²) in [6, 6.07) is 2.40. The first-order valence-corrected chi connectivity index (χ1v) is 12.7. The first-order chi connectivity index (χ1) is 15.9. The van der Waals surface area contributed by atoms with Crippen LogP contribution in [0.2, 0.25) is 0 Å². The predicted octanol–water partition coefficient (Wildman–Crippen LogP) is 4.55. The van der Waals surface area contributed by atoms with Gasteiger partial charge in [0.25, 0.3) is 0 Å². The van der Waals surface area contributed by atoms with Gasteiger partial charge in [0.2, 0.25) is 5.95 Å². The molecule has 0 aromatic carbocycles. The number of aliphatic hydroxyl groups is 2. The molecule has 3 atom stereocenters. The van der Waals surface area contributed by atoms with Crippen molar-refractivity contribution in [3.8, 4) is 10.6 Å². The smallest absolute Gasteiger partial charge is 0.225 e. The van der Waals surface area contributed by atoms with E-state index in [0.717, 1.165) is 45.0 Å². The highest BCUT2D eigenvalue weighted by atomic mass is 32.1. The van der Waals surface area contributed by atoms with Gasteiger partial charge in [-0.1, -0.05) is 20.8 Å². The molecule has 8 nitrogen and oxygen atoms in total. The number of hydrogen-bond acceptors (Lipinski definition) is 9.